The Morgan fingerprint density at radius 3 is 2.32 bits per heavy atom. The summed E-state index contributed by atoms with van der Waals surface area (Å²) in [4.78, 5) is 28.9. The van der Waals surface area contributed by atoms with Gasteiger partial charge in [-0.25, -0.2) is 8.42 Å². The largest absolute Gasteiger partial charge is 0.354 e. The Bertz CT molecular complexity index is 1430. The molecule has 0 spiro atoms. The Morgan fingerprint density at radius 1 is 0.951 bits per heavy atom. The molecule has 0 aliphatic heterocycles. The van der Waals surface area contributed by atoms with Crippen LogP contribution in [-0.2, 0) is 32.6 Å². The number of anilines is 1. The molecule has 0 aliphatic rings. The number of nitrogens with zero attached hydrogens (tertiary/aromatic N) is 2. The standard InChI is InChI=1S/C32H40ClN3O4S/c1-5-18-34-32(38)30(22-26-11-7-6-8-12-26)35(23-27-13-9-14-28(33)21-27)31(37)15-10-19-36(41(4,39)40)29-20-24(2)16-17-25(29)3/h6-9,11-14,16-17,20-21,30H,5,10,15,18-19,22-23H2,1-4H3,(H,34,38)/t30-/m1/s1. The number of aryl methyl sites for hydroxylation is 2. The molecule has 0 radical (unpaired) electrons. The summed E-state index contributed by atoms with van der Waals surface area (Å²) in [7, 11) is -3.58. The number of benzene rings is 3. The van der Waals surface area contributed by atoms with E-state index < -0.39 is 16.1 Å². The van der Waals surface area contributed by atoms with Gasteiger partial charge in [0.25, 0.3) is 0 Å². The number of hydrogen-bond donors (Lipinski definition) is 1. The zero-order valence-corrected chi connectivity index (χ0v) is 25.8. The van der Waals surface area contributed by atoms with E-state index in [1.807, 2.05) is 81.4 Å². The normalized spacial score (nSPS) is 12.0. The number of hydrogen-bond acceptors (Lipinski definition) is 4. The van der Waals surface area contributed by atoms with Gasteiger partial charge in [0.15, 0.2) is 0 Å². The molecule has 3 aromatic rings. The fraction of sp³-hybridized carbons (Fsp3) is 0.375. The maximum atomic E-state index is 13.9. The minimum atomic E-state index is -3.58. The van der Waals surface area contributed by atoms with E-state index in [0.717, 1.165) is 28.7 Å². The molecule has 0 unspecified atom stereocenters. The number of carbonyl (C=O) groups is 2. The number of carbonyl (C=O) groups excluding carboxylic acids is 2. The zero-order valence-electron chi connectivity index (χ0n) is 24.3. The van der Waals surface area contributed by atoms with E-state index in [-0.39, 0.29) is 31.3 Å². The summed E-state index contributed by atoms with van der Waals surface area (Å²) in [5, 5.41) is 3.51. The summed E-state index contributed by atoms with van der Waals surface area (Å²) in [5.41, 5.74) is 4.14. The average molecular weight is 598 g/mol. The van der Waals surface area contributed by atoms with Crippen molar-refractivity contribution in [3.05, 3.63) is 100 Å². The van der Waals surface area contributed by atoms with Gasteiger partial charge >= 0.3 is 0 Å². The van der Waals surface area contributed by atoms with Crippen LogP contribution in [0.15, 0.2) is 72.8 Å². The third kappa shape index (κ3) is 9.61. The summed E-state index contributed by atoms with van der Waals surface area (Å²) in [6, 6.07) is 21.8. The molecule has 0 fully saturated rings. The molecule has 0 heterocycles. The summed E-state index contributed by atoms with van der Waals surface area (Å²) in [6.07, 6.45) is 2.66. The van der Waals surface area contributed by atoms with Crippen molar-refractivity contribution in [2.24, 2.45) is 0 Å². The lowest BCUT2D eigenvalue weighted by Crippen LogP contribution is -2.50. The first-order valence-electron chi connectivity index (χ1n) is 13.9. The van der Waals surface area contributed by atoms with Gasteiger partial charge in [-0.05, 0) is 67.1 Å². The second kappa shape index (κ2) is 15.0. The van der Waals surface area contributed by atoms with Crippen molar-refractivity contribution in [3.63, 3.8) is 0 Å². The Morgan fingerprint density at radius 2 is 1.66 bits per heavy atom. The lowest BCUT2D eigenvalue weighted by atomic mass is 10.0. The predicted molar refractivity (Wildman–Crippen MR) is 167 cm³/mol. The summed E-state index contributed by atoms with van der Waals surface area (Å²) < 4.78 is 26.8. The lowest BCUT2D eigenvalue weighted by Gasteiger charge is -2.32. The lowest BCUT2D eigenvalue weighted by molar-refractivity contribution is -0.141. The Balaban J connectivity index is 1.89. The monoisotopic (exact) mass is 597 g/mol. The fourth-order valence-electron chi connectivity index (χ4n) is 4.72. The number of sulfonamides is 1. The van der Waals surface area contributed by atoms with Crippen LogP contribution in [0.3, 0.4) is 0 Å². The van der Waals surface area contributed by atoms with Crippen molar-refractivity contribution < 1.29 is 18.0 Å². The molecular weight excluding hydrogens is 558 g/mol. The maximum Gasteiger partial charge on any atom is 0.243 e. The molecule has 7 nitrogen and oxygen atoms in total. The van der Waals surface area contributed by atoms with Gasteiger partial charge in [-0.1, -0.05) is 73.1 Å². The highest BCUT2D eigenvalue weighted by Crippen LogP contribution is 2.25. The van der Waals surface area contributed by atoms with Crippen LogP contribution in [0.2, 0.25) is 5.02 Å². The Kier molecular flexibility index (Phi) is 11.8. The quantitative estimate of drug-likeness (QED) is 0.259. The zero-order chi connectivity index (χ0) is 30.0. The van der Waals surface area contributed by atoms with Crippen molar-refractivity contribution in [3.8, 4) is 0 Å². The van der Waals surface area contributed by atoms with Gasteiger partial charge in [-0.15, -0.1) is 0 Å². The molecule has 0 saturated carbocycles. The van der Waals surface area contributed by atoms with Crippen LogP contribution in [0.1, 0.15) is 48.4 Å². The first-order chi connectivity index (χ1) is 19.5. The number of rotatable bonds is 14. The van der Waals surface area contributed by atoms with E-state index in [0.29, 0.717) is 30.1 Å². The van der Waals surface area contributed by atoms with Gasteiger partial charge in [-0.2, -0.15) is 0 Å². The van der Waals surface area contributed by atoms with E-state index in [2.05, 4.69) is 5.32 Å². The molecule has 0 saturated heterocycles. The molecule has 1 N–H and O–H groups in total. The highest BCUT2D eigenvalue weighted by molar-refractivity contribution is 7.92. The minimum absolute atomic E-state index is 0.0732. The van der Waals surface area contributed by atoms with Crippen LogP contribution < -0.4 is 9.62 Å². The van der Waals surface area contributed by atoms with Crippen molar-refractivity contribution in [2.45, 2.75) is 59.0 Å². The van der Waals surface area contributed by atoms with Crippen LogP contribution in [0.5, 0.6) is 0 Å². The summed E-state index contributed by atoms with van der Waals surface area (Å²) >= 11 is 6.25. The smallest absolute Gasteiger partial charge is 0.243 e. The van der Waals surface area contributed by atoms with Crippen LogP contribution >= 0.6 is 11.6 Å². The first kappa shape index (κ1) is 32.2. The Hall–Kier alpha value is -3.36. The van der Waals surface area contributed by atoms with E-state index in [1.165, 1.54) is 10.6 Å². The number of nitrogens with one attached hydrogen (secondary N) is 1. The topological polar surface area (TPSA) is 86.8 Å². The molecule has 0 aliphatic carbocycles. The molecule has 3 rings (SSSR count). The van der Waals surface area contributed by atoms with E-state index in [1.54, 1.807) is 17.0 Å². The predicted octanol–water partition coefficient (Wildman–Crippen LogP) is 5.67. The highest BCUT2D eigenvalue weighted by Gasteiger charge is 2.30. The van der Waals surface area contributed by atoms with Crippen molar-refractivity contribution in [1.29, 1.82) is 0 Å². The van der Waals surface area contributed by atoms with E-state index in [4.69, 9.17) is 11.6 Å². The van der Waals surface area contributed by atoms with Crippen LogP contribution in [0, 0.1) is 13.8 Å². The summed E-state index contributed by atoms with van der Waals surface area (Å²) in [5.74, 6) is -0.453. The number of halogens is 1. The fourth-order valence-corrected chi connectivity index (χ4v) is 5.95. The van der Waals surface area contributed by atoms with Crippen LogP contribution in [-0.4, -0.2) is 50.5 Å². The number of amides is 2. The second-order valence-corrected chi connectivity index (χ2v) is 12.7. The average Bonchev–Trinajstić information content (AvgIpc) is 2.93. The molecule has 0 bridgehead atoms. The van der Waals surface area contributed by atoms with E-state index in [9.17, 15) is 18.0 Å². The SMILES string of the molecule is CCCNC(=O)[C@@H](Cc1ccccc1)N(Cc1cccc(Cl)c1)C(=O)CCCN(c1cc(C)ccc1C)S(C)(=O)=O. The third-order valence-electron chi connectivity index (χ3n) is 6.85. The van der Waals surface area contributed by atoms with Crippen LogP contribution in [0.4, 0.5) is 5.69 Å². The minimum Gasteiger partial charge on any atom is -0.354 e. The van der Waals surface area contributed by atoms with Gasteiger partial charge in [0.05, 0.1) is 11.9 Å². The van der Waals surface area contributed by atoms with Gasteiger partial charge in [0.1, 0.15) is 6.04 Å². The molecule has 41 heavy (non-hydrogen) atoms. The van der Waals surface area contributed by atoms with Gasteiger partial charge < -0.3 is 10.2 Å². The molecule has 0 aromatic heterocycles. The molecule has 220 valence electrons. The summed E-state index contributed by atoms with van der Waals surface area (Å²) in [6.45, 7) is 6.60. The molecule has 3 aromatic carbocycles. The molecular formula is C32H40ClN3O4S. The van der Waals surface area contributed by atoms with Crippen molar-refractivity contribution >= 4 is 39.1 Å². The van der Waals surface area contributed by atoms with Gasteiger partial charge in [0.2, 0.25) is 21.8 Å². The molecule has 2 amide bonds. The maximum absolute atomic E-state index is 13.9. The Labute approximate surface area is 249 Å². The third-order valence-corrected chi connectivity index (χ3v) is 8.26. The highest BCUT2D eigenvalue weighted by atomic mass is 35.5. The first-order valence-corrected chi connectivity index (χ1v) is 16.1. The van der Waals surface area contributed by atoms with Crippen LogP contribution in [0.25, 0.3) is 0 Å². The van der Waals surface area contributed by atoms with E-state index >= 15 is 0 Å². The van der Waals surface area contributed by atoms with Gasteiger partial charge in [-0.3, -0.25) is 13.9 Å². The molecule has 9 heteroatoms. The van der Waals surface area contributed by atoms with Crippen molar-refractivity contribution in [2.75, 3.05) is 23.7 Å². The second-order valence-electron chi connectivity index (χ2n) is 10.4. The van der Waals surface area contributed by atoms with Crippen molar-refractivity contribution in [1.82, 2.24) is 10.2 Å². The molecule has 1 atom stereocenters. The van der Waals surface area contributed by atoms with Gasteiger partial charge in [0, 0.05) is 37.5 Å².